The topological polar surface area (TPSA) is 253 Å². The molecule has 318 valence electrons. The van der Waals surface area contributed by atoms with Crippen molar-refractivity contribution < 1.29 is 46.7 Å². The van der Waals surface area contributed by atoms with Crippen LogP contribution < -0.4 is 26.0 Å². The van der Waals surface area contributed by atoms with Crippen LogP contribution in [0.1, 0.15) is 50.5 Å². The van der Waals surface area contributed by atoms with E-state index in [-0.39, 0.29) is 85.7 Å². The first-order chi connectivity index (χ1) is 29.4. The molecule has 0 saturated carbocycles. The summed E-state index contributed by atoms with van der Waals surface area (Å²) >= 11 is 0. The number of para-hydroxylation sites is 1. The number of anilines is 3. The normalized spacial score (nSPS) is 16.7. The summed E-state index contributed by atoms with van der Waals surface area (Å²) in [6, 6.07) is 18.7. The Labute approximate surface area is 350 Å². The van der Waals surface area contributed by atoms with Gasteiger partial charge in [-0.15, -0.1) is 0 Å². The molecule has 4 aromatic rings. The predicted molar refractivity (Wildman–Crippen MR) is 220 cm³/mol. The molecule has 0 bridgehead atoms. The Morgan fingerprint density at radius 3 is 2.28 bits per heavy atom. The Bertz CT molecular complexity index is 2440. The second kappa shape index (κ2) is 18.8. The maximum absolute atomic E-state index is 13.2. The number of imide groups is 2. The first kappa shape index (κ1) is 42.5. The molecule has 0 radical (unpaired) electrons. The molecule has 1 atom stereocenters. The zero-order chi connectivity index (χ0) is 43.1. The van der Waals surface area contributed by atoms with Gasteiger partial charge in [-0.05, 0) is 48.9 Å². The molecule has 2 saturated heterocycles. The van der Waals surface area contributed by atoms with Crippen LogP contribution in [0.25, 0.3) is 11.3 Å². The Hall–Kier alpha value is -6.61. The number of nitrogen functional groups attached to an aromatic ring is 1. The number of rotatable bonds is 16. The number of hydrogen-bond acceptors (Lipinski definition) is 14. The van der Waals surface area contributed by atoms with Gasteiger partial charge in [-0.2, -0.15) is 0 Å². The number of nitrogens with one attached hydrogen (secondary N) is 3. The molecule has 3 aromatic carbocycles. The number of hydrogen-bond donors (Lipinski definition) is 4. The van der Waals surface area contributed by atoms with Gasteiger partial charge < -0.3 is 30.3 Å². The summed E-state index contributed by atoms with van der Waals surface area (Å²) in [6.45, 7) is 2.58. The van der Waals surface area contributed by atoms with E-state index < -0.39 is 45.6 Å². The van der Waals surface area contributed by atoms with Gasteiger partial charge in [-0.1, -0.05) is 30.3 Å². The van der Waals surface area contributed by atoms with E-state index in [1.165, 1.54) is 18.3 Å². The number of nitrogens with two attached hydrogens (primary N) is 1. The zero-order valence-electron chi connectivity index (χ0n) is 32.9. The summed E-state index contributed by atoms with van der Waals surface area (Å²) < 4.78 is 39.3. The number of fused-ring (bicyclic) bond motifs is 1. The summed E-state index contributed by atoms with van der Waals surface area (Å²) in [6.07, 6.45) is 1.69. The number of aromatic nitrogens is 2. The number of nitrogens with zero attached hydrogens (tertiary/aromatic N) is 5. The van der Waals surface area contributed by atoms with Gasteiger partial charge in [-0.3, -0.25) is 39.0 Å². The molecule has 3 aliphatic rings. The lowest BCUT2D eigenvalue weighted by molar-refractivity contribution is -0.136. The standard InChI is InChI=1S/C41H43N9O10S/c42-37-36(39(54)45-27-4-2-1-3-5-27)46-32(25-43-37)26-6-9-29(10-7-26)61(57,58)44-15-21-60-23-22-59-20-14-35(52)49-18-16-48(17-19-49)28-8-11-30-31(24-28)41(56)50(40(30)55)33-12-13-34(51)47-38(33)53/h1-11,24-25,33,44H,12-23H2,(H2,42,43)(H,45,54)(H,47,51,53). The van der Waals surface area contributed by atoms with Gasteiger partial charge in [0.25, 0.3) is 17.7 Å². The largest absolute Gasteiger partial charge is 0.382 e. The third-order valence-corrected chi connectivity index (χ3v) is 11.8. The number of carbonyl (C=O) groups is 6. The molecular weight excluding hydrogens is 811 g/mol. The molecule has 1 unspecified atom stereocenters. The van der Waals surface area contributed by atoms with Crippen LogP contribution in [-0.4, -0.2) is 129 Å². The van der Waals surface area contributed by atoms with Crippen molar-refractivity contribution in [1.29, 1.82) is 0 Å². The summed E-state index contributed by atoms with van der Waals surface area (Å²) in [5, 5.41) is 4.91. The van der Waals surface area contributed by atoms with E-state index in [4.69, 9.17) is 15.2 Å². The van der Waals surface area contributed by atoms with Gasteiger partial charge in [0.15, 0.2) is 11.5 Å². The van der Waals surface area contributed by atoms with Crippen LogP contribution in [0.3, 0.4) is 0 Å². The smallest absolute Gasteiger partial charge is 0.278 e. The number of ether oxygens (including phenoxy) is 2. The maximum atomic E-state index is 13.2. The van der Waals surface area contributed by atoms with Crippen molar-refractivity contribution in [3.63, 3.8) is 0 Å². The van der Waals surface area contributed by atoms with Crippen molar-refractivity contribution in [2.45, 2.75) is 30.2 Å². The molecule has 6 amide bonds. The molecule has 19 nitrogen and oxygen atoms in total. The summed E-state index contributed by atoms with van der Waals surface area (Å²) in [4.78, 5) is 89.0. The third-order valence-electron chi connectivity index (χ3n) is 10.3. The fourth-order valence-electron chi connectivity index (χ4n) is 7.06. The zero-order valence-corrected chi connectivity index (χ0v) is 33.7. The van der Waals surface area contributed by atoms with Crippen LogP contribution in [0.2, 0.25) is 0 Å². The highest BCUT2D eigenvalue weighted by molar-refractivity contribution is 7.89. The number of amides is 6. The minimum atomic E-state index is -3.85. The summed E-state index contributed by atoms with van der Waals surface area (Å²) in [5.74, 6) is -2.89. The SMILES string of the molecule is Nc1ncc(-c2ccc(S(=O)(=O)NCCOCCOCCC(=O)N3CCN(c4ccc5c(c4)C(=O)N(C4CCC(=O)NC4=O)C5=O)CC3)cc2)nc1C(=O)Nc1ccccc1. The van der Waals surface area contributed by atoms with E-state index in [2.05, 4.69) is 25.3 Å². The average Bonchev–Trinajstić information content (AvgIpc) is 3.51. The van der Waals surface area contributed by atoms with Gasteiger partial charge in [0.2, 0.25) is 27.7 Å². The van der Waals surface area contributed by atoms with Crippen LogP contribution in [0.15, 0.2) is 83.9 Å². The van der Waals surface area contributed by atoms with E-state index in [0.29, 0.717) is 43.1 Å². The summed E-state index contributed by atoms with van der Waals surface area (Å²) in [7, 11) is -3.85. The molecule has 1 aromatic heterocycles. The average molecular weight is 854 g/mol. The van der Waals surface area contributed by atoms with Crippen LogP contribution in [0, 0.1) is 0 Å². The third kappa shape index (κ3) is 9.89. The molecule has 7 rings (SSSR count). The van der Waals surface area contributed by atoms with E-state index >= 15 is 0 Å². The van der Waals surface area contributed by atoms with Crippen molar-refractivity contribution >= 4 is 62.7 Å². The summed E-state index contributed by atoms with van der Waals surface area (Å²) in [5.41, 5.74) is 8.40. The van der Waals surface area contributed by atoms with Crippen LogP contribution in [-0.2, 0) is 33.9 Å². The number of piperidine rings is 1. The minimum Gasteiger partial charge on any atom is -0.382 e. The number of carbonyl (C=O) groups excluding carboxylic acids is 6. The second-order valence-corrected chi connectivity index (χ2v) is 16.0. The molecule has 0 spiro atoms. The van der Waals surface area contributed by atoms with Gasteiger partial charge in [0, 0.05) is 56.1 Å². The molecule has 20 heteroatoms. The van der Waals surface area contributed by atoms with Crippen molar-refractivity contribution in [2.24, 2.45) is 0 Å². The highest BCUT2D eigenvalue weighted by Crippen LogP contribution is 2.31. The Balaban J connectivity index is 0.774. The lowest BCUT2D eigenvalue weighted by Crippen LogP contribution is -2.54. The number of benzene rings is 3. The predicted octanol–water partition coefficient (Wildman–Crippen LogP) is 1.43. The van der Waals surface area contributed by atoms with Crippen LogP contribution in [0.4, 0.5) is 17.2 Å². The first-order valence-corrected chi connectivity index (χ1v) is 21.0. The lowest BCUT2D eigenvalue weighted by Gasteiger charge is -2.36. The molecule has 61 heavy (non-hydrogen) atoms. The monoisotopic (exact) mass is 853 g/mol. The van der Waals surface area contributed by atoms with Crippen molar-refractivity contribution in [1.82, 2.24) is 29.8 Å². The fraction of sp³-hybridized carbons (Fsp3) is 0.317. The molecule has 3 aliphatic heterocycles. The highest BCUT2D eigenvalue weighted by Gasteiger charge is 2.45. The van der Waals surface area contributed by atoms with Crippen molar-refractivity contribution in [2.75, 3.05) is 75.1 Å². The molecule has 5 N–H and O–H groups in total. The lowest BCUT2D eigenvalue weighted by atomic mass is 10.0. The first-order valence-electron chi connectivity index (χ1n) is 19.5. The van der Waals surface area contributed by atoms with Gasteiger partial charge >= 0.3 is 0 Å². The minimum absolute atomic E-state index is 0.0125. The molecule has 4 heterocycles. The molecule has 0 aliphatic carbocycles. The Morgan fingerprint density at radius 2 is 1.56 bits per heavy atom. The maximum Gasteiger partial charge on any atom is 0.278 e. The fourth-order valence-corrected chi connectivity index (χ4v) is 8.08. The van der Waals surface area contributed by atoms with E-state index in [1.807, 2.05) is 11.0 Å². The second-order valence-electron chi connectivity index (χ2n) is 14.3. The Kier molecular flexibility index (Phi) is 13.1. The van der Waals surface area contributed by atoms with E-state index in [1.54, 1.807) is 59.5 Å². The van der Waals surface area contributed by atoms with E-state index in [0.717, 1.165) is 10.6 Å². The van der Waals surface area contributed by atoms with Gasteiger partial charge in [-0.25, -0.2) is 23.1 Å². The van der Waals surface area contributed by atoms with E-state index in [9.17, 15) is 37.2 Å². The van der Waals surface area contributed by atoms with Crippen molar-refractivity contribution in [3.05, 3.63) is 95.8 Å². The van der Waals surface area contributed by atoms with Gasteiger partial charge in [0.1, 0.15) is 6.04 Å². The van der Waals surface area contributed by atoms with Crippen molar-refractivity contribution in [3.8, 4) is 11.3 Å². The quantitative estimate of drug-likeness (QED) is 0.0920. The highest BCUT2D eigenvalue weighted by atomic mass is 32.2. The Morgan fingerprint density at radius 1 is 0.852 bits per heavy atom. The molecule has 2 fully saturated rings. The van der Waals surface area contributed by atoms with Crippen LogP contribution >= 0.6 is 0 Å². The van der Waals surface area contributed by atoms with Crippen LogP contribution in [0.5, 0.6) is 0 Å². The van der Waals surface area contributed by atoms with Gasteiger partial charge in [0.05, 0.1) is 60.8 Å². The number of piperazine rings is 1. The number of sulfonamides is 1. The molecular formula is C41H43N9O10S.